The summed E-state index contributed by atoms with van der Waals surface area (Å²) in [6.07, 6.45) is 9.96. The summed E-state index contributed by atoms with van der Waals surface area (Å²) in [6.45, 7) is 10.9. The van der Waals surface area contributed by atoms with E-state index in [2.05, 4.69) is 31.0 Å². The molecule has 0 spiro atoms. The van der Waals surface area contributed by atoms with Gasteiger partial charge in [0.05, 0.1) is 0 Å². The molecule has 1 aliphatic carbocycles. The largest absolute Gasteiger partial charge is 0.312 e. The minimum absolute atomic E-state index is 0.712. The van der Waals surface area contributed by atoms with Gasteiger partial charge in [0, 0.05) is 25.2 Å². The lowest BCUT2D eigenvalue weighted by Crippen LogP contribution is -2.49. The van der Waals surface area contributed by atoms with Crippen molar-refractivity contribution in [2.75, 3.05) is 19.6 Å². The summed E-state index contributed by atoms with van der Waals surface area (Å²) in [7, 11) is 0. The summed E-state index contributed by atoms with van der Waals surface area (Å²) in [4.78, 5) is 2.75. The van der Waals surface area contributed by atoms with Crippen molar-refractivity contribution >= 4 is 0 Å². The molecule has 1 heterocycles. The van der Waals surface area contributed by atoms with Crippen LogP contribution in [0.4, 0.5) is 0 Å². The standard InChI is InChI=1S/C17H34N2/c1-4-17(5-2)18-12-14(3)19-11-10-15-8-6-7-9-16(15)13-19/h14-18H,4-13H2,1-3H3. The van der Waals surface area contributed by atoms with Crippen LogP contribution < -0.4 is 5.32 Å². The predicted molar refractivity (Wildman–Crippen MR) is 83.5 cm³/mol. The van der Waals surface area contributed by atoms with Crippen LogP contribution in [-0.2, 0) is 0 Å². The highest BCUT2D eigenvalue weighted by atomic mass is 15.2. The van der Waals surface area contributed by atoms with E-state index in [-0.39, 0.29) is 0 Å². The van der Waals surface area contributed by atoms with Crippen LogP contribution in [0.5, 0.6) is 0 Å². The molecule has 2 rings (SSSR count). The van der Waals surface area contributed by atoms with Crippen LogP contribution in [0.3, 0.4) is 0 Å². The van der Waals surface area contributed by atoms with Crippen LogP contribution >= 0.6 is 0 Å². The predicted octanol–water partition coefficient (Wildman–Crippen LogP) is 3.67. The van der Waals surface area contributed by atoms with E-state index in [0.29, 0.717) is 6.04 Å². The summed E-state index contributed by atoms with van der Waals surface area (Å²) in [6, 6.07) is 1.43. The van der Waals surface area contributed by atoms with E-state index in [1.165, 1.54) is 64.6 Å². The molecule has 0 aromatic carbocycles. The van der Waals surface area contributed by atoms with Gasteiger partial charge in [-0.3, -0.25) is 4.90 Å². The second-order valence-corrected chi connectivity index (χ2v) is 6.86. The second kappa shape index (κ2) is 7.64. The lowest BCUT2D eigenvalue weighted by Gasteiger charge is -2.44. The maximum Gasteiger partial charge on any atom is 0.0192 e. The molecule has 2 nitrogen and oxygen atoms in total. The zero-order valence-corrected chi connectivity index (χ0v) is 13.3. The Hall–Kier alpha value is -0.0800. The van der Waals surface area contributed by atoms with Crippen LogP contribution in [0.25, 0.3) is 0 Å². The zero-order valence-electron chi connectivity index (χ0n) is 13.3. The zero-order chi connectivity index (χ0) is 13.7. The lowest BCUT2D eigenvalue weighted by molar-refractivity contribution is 0.0608. The first-order chi connectivity index (χ1) is 9.24. The van der Waals surface area contributed by atoms with Crippen molar-refractivity contribution in [2.24, 2.45) is 11.8 Å². The third-order valence-electron chi connectivity index (χ3n) is 5.63. The monoisotopic (exact) mass is 266 g/mol. The molecule has 0 aromatic rings. The fourth-order valence-corrected chi connectivity index (χ4v) is 4.07. The van der Waals surface area contributed by atoms with Gasteiger partial charge in [-0.25, -0.2) is 0 Å². The molecule has 0 amide bonds. The quantitative estimate of drug-likeness (QED) is 0.789. The Labute approximate surface area is 120 Å². The number of hydrogen-bond donors (Lipinski definition) is 1. The molecular weight excluding hydrogens is 232 g/mol. The van der Waals surface area contributed by atoms with Crippen LogP contribution in [-0.4, -0.2) is 36.6 Å². The van der Waals surface area contributed by atoms with E-state index in [4.69, 9.17) is 0 Å². The Morgan fingerprint density at radius 1 is 1.05 bits per heavy atom. The molecule has 112 valence electrons. The van der Waals surface area contributed by atoms with Crippen LogP contribution in [0.2, 0.25) is 0 Å². The first-order valence-corrected chi connectivity index (χ1v) is 8.72. The van der Waals surface area contributed by atoms with E-state index in [0.717, 1.165) is 17.9 Å². The van der Waals surface area contributed by atoms with Gasteiger partial charge < -0.3 is 5.32 Å². The van der Waals surface area contributed by atoms with Gasteiger partial charge in [0.25, 0.3) is 0 Å². The average molecular weight is 266 g/mol. The molecule has 1 saturated heterocycles. The molecular formula is C17H34N2. The number of hydrogen-bond acceptors (Lipinski definition) is 2. The molecule has 1 N–H and O–H groups in total. The number of nitrogens with one attached hydrogen (secondary N) is 1. The van der Waals surface area contributed by atoms with E-state index in [9.17, 15) is 0 Å². The normalized spacial score (nSPS) is 30.3. The maximum atomic E-state index is 3.75. The molecule has 1 saturated carbocycles. The van der Waals surface area contributed by atoms with Crippen LogP contribution in [0.15, 0.2) is 0 Å². The van der Waals surface area contributed by atoms with E-state index in [1.807, 2.05) is 0 Å². The van der Waals surface area contributed by atoms with Crippen molar-refractivity contribution in [3.05, 3.63) is 0 Å². The number of nitrogens with zero attached hydrogens (tertiary/aromatic N) is 1. The molecule has 0 aromatic heterocycles. The summed E-state index contributed by atoms with van der Waals surface area (Å²) in [5.41, 5.74) is 0. The maximum absolute atomic E-state index is 3.75. The molecule has 2 heteroatoms. The highest BCUT2D eigenvalue weighted by Gasteiger charge is 2.32. The van der Waals surface area contributed by atoms with Gasteiger partial charge in [0.2, 0.25) is 0 Å². The molecule has 0 radical (unpaired) electrons. The SMILES string of the molecule is CCC(CC)NCC(C)N1CCC2CCCCC2C1. The van der Waals surface area contributed by atoms with E-state index >= 15 is 0 Å². The number of piperidine rings is 1. The molecule has 1 aliphatic heterocycles. The molecule has 3 unspecified atom stereocenters. The highest BCUT2D eigenvalue weighted by molar-refractivity contribution is 4.86. The van der Waals surface area contributed by atoms with Crippen molar-refractivity contribution in [3.8, 4) is 0 Å². The van der Waals surface area contributed by atoms with Crippen molar-refractivity contribution < 1.29 is 0 Å². The number of rotatable bonds is 6. The van der Waals surface area contributed by atoms with Crippen LogP contribution in [0.1, 0.15) is 65.7 Å². The summed E-state index contributed by atoms with van der Waals surface area (Å²) in [5, 5.41) is 3.75. The Morgan fingerprint density at radius 3 is 2.42 bits per heavy atom. The van der Waals surface area contributed by atoms with Gasteiger partial charge in [0.1, 0.15) is 0 Å². The van der Waals surface area contributed by atoms with Crippen molar-refractivity contribution in [2.45, 2.75) is 77.8 Å². The van der Waals surface area contributed by atoms with Crippen LogP contribution in [0, 0.1) is 11.8 Å². The topological polar surface area (TPSA) is 15.3 Å². The van der Waals surface area contributed by atoms with E-state index in [1.54, 1.807) is 0 Å². The molecule has 0 bridgehead atoms. The van der Waals surface area contributed by atoms with Gasteiger partial charge in [-0.05, 0) is 51.0 Å². The lowest BCUT2D eigenvalue weighted by atomic mass is 9.75. The minimum Gasteiger partial charge on any atom is -0.312 e. The fourth-order valence-electron chi connectivity index (χ4n) is 4.07. The van der Waals surface area contributed by atoms with Gasteiger partial charge in [-0.1, -0.05) is 33.1 Å². The average Bonchev–Trinajstić information content (AvgIpc) is 2.47. The number of fused-ring (bicyclic) bond motifs is 1. The highest BCUT2D eigenvalue weighted by Crippen LogP contribution is 2.36. The molecule has 3 atom stereocenters. The van der Waals surface area contributed by atoms with Gasteiger partial charge >= 0.3 is 0 Å². The molecule has 19 heavy (non-hydrogen) atoms. The molecule has 2 fully saturated rings. The summed E-state index contributed by atoms with van der Waals surface area (Å²) >= 11 is 0. The smallest absolute Gasteiger partial charge is 0.0192 e. The summed E-state index contributed by atoms with van der Waals surface area (Å²) < 4.78 is 0. The van der Waals surface area contributed by atoms with Crippen molar-refractivity contribution in [1.29, 1.82) is 0 Å². The Bertz CT molecular complexity index is 250. The fraction of sp³-hybridized carbons (Fsp3) is 1.00. The number of likely N-dealkylation sites (tertiary alicyclic amines) is 1. The van der Waals surface area contributed by atoms with E-state index < -0.39 is 0 Å². The van der Waals surface area contributed by atoms with Gasteiger partial charge in [-0.15, -0.1) is 0 Å². The van der Waals surface area contributed by atoms with Crippen molar-refractivity contribution in [1.82, 2.24) is 10.2 Å². The van der Waals surface area contributed by atoms with Gasteiger partial charge in [-0.2, -0.15) is 0 Å². The molecule has 2 aliphatic rings. The van der Waals surface area contributed by atoms with Crippen molar-refractivity contribution in [3.63, 3.8) is 0 Å². The third-order valence-corrected chi connectivity index (χ3v) is 5.63. The Balaban J connectivity index is 1.75. The minimum atomic E-state index is 0.712. The first-order valence-electron chi connectivity index (χ1n) is 8.72. The first kappa shape index (κ1) is 15.3. The third kappa shape index (κ3) is 4.19. The second-order valence-electron chi connectivity index (χ2n) is 6.86. The Morgan fingerprint density at radius 2 is 1.74 bits per heavy atom. The summed E-state index contributed by atoms with van der Waals surface area (Å²) in [5.74, 6) is 2.07. The Kier molecular flexibility index (Phi) is 6.15. The van der Waals surface area contributed by atoms with Gasteiger partial charge in [0.15, 0.2) is 0 Å².